The Balaban J connectivity index is 1.69. The Morgan fingerprint density at radius 1 is 1.11 bits per heavy atom. The van der Waals surface area contributed by atoms with Gasteiger partial charge in [-0.3, -0.25) is 4.79 Å². The Bertz CT molecular complexity index is 790. The minimum atomic E-state index is -0.236. The number of rotatable bonds is 6. The van der Waals surface area contributed by atoms with E-state index >= 15 is 0 Å². The van der Waals surface area contributed by atoms with Crippen molar-refractivity contribution >= 4 is 5.91 Å². The lowest BCUT2D eigenvalue weighted by molar-refractivity contribution is -1.03. The van der Waals surface area contributed by atoms with Gasteiger partial charge in [-0.05, 0) is 18.2 Å². The lowest BCUT2D eigenvalue weighted by Crippen LogP contribution is -3.28. The summed E-state index contributed by atoms with van der Waals surface area (Å²) in [5, 5.41) is 0. The number of ether oxygens (including phenoxy) is 1. The third kappa shape index (κ3) is 4.69. The SMILES string of the molecule is COc1ccc(F)cc1C[NH+]1CC[NH+]([C@@H](C(=O)N(C)C)c2ccccc2)CC1. The van der Waals surface area contributed by atoms with Gasteiger partial charge in [0.1, 0.15) is 44.3 Å². The Morgan fingerprint density at radius 3 is 2.39 bits per heavy atom. The molecule has 6 heteroatoms. The summed E-state index contributed by atoms with van der Waals surface area (Å²) in [5.74, 6) is 0.630. The van der Waals surface area contributed by atoms with E-state index < -0.39 is 0 Å². The molecule has 1 amide bonds. The van der Waals surface area contributed by atoms with Gasteiger partial charge >= 0.3 is 0 Å². The fraction of sp³-hybridized carbons (Fsp3) is 0.409. The predicted octanol–water partition coefficient (Wildman–Crippen LogP) is -0.0528. The number of hydrogen-bond acceptors (Lipinski definition) is 2. The second-order valence-electron chi connectivity index (χ2n) is 7.62. The third-order valence-corrected chi connectivity index (χ3v) is 5.51. The molecule has 0 spiro atoms. The Hall–Kier alpha value is -2.44. The summed E-state index contributed by atoms with van der Waals surface area (Å²) >= 11 is 0. The number of carbonyl (C=O) groups is 1. The first kappa shape index (κ1) is 20.3. The highest BCUT2D eigenvalue weighted by Crippen LogP contribution is 2.18. The molecule has 2 aromatic rings. The van der Waals surface area contributed by atoms with Crippen LogP contribution >= 0.6 is 0 Å². The summed E-state index contributed by atoms with van der Waals surface area (Å²) in [6.45, 7) is 4.38. The Labute approximate surface area is 166 Å². The van der Waals surface area contributed by atoms with Gasteiger partial charge in [0.25, 0.3) is 5.91 Å². The van der Waals surface area contributed by atoms with Crippen molar-refractivity contribution in [2.45, 2.75) is 12.6 Å². The van der Waals surface area contributed by atoms with E-state index in [1.165, 1.54) is 15.9 Å². The maximum absolute atomic E-state index is 13.6. The monoisotopic (exact) mass is 387 g/mol. The summed E-state index contributed by atoms with van der Waals surface area (Å²) in [6, 6.07) is 14.5. The molecular formula is C22H30FN3O2+2. The lowest BCUT2D eigenvalue weighted by atomic mass is 10.0. The molecule has 3 rings (SSSR count). The molecule has 1 aliphatic rings. The van der Waals surface area contributed by atoms with Crippen molar-refractivity contribution in [3.63, 3.8) is 0 Å². The van der Waals surface area contributed by atoms with Gasteiger partial charge in [0, 0.05) is 19.7 Å². The average Bonchev–Trinajstić information content (AvgIpc) is 2.70. The number of amides is 1. The van der Waals surface area contributed by atoms with Gasteiger partial charge < -0.3 is 19.4 Å². The van der Waals surface area contributed by atoms with Gasteiger partial charge in [-0.2, -0.15) is 0 Å². The highest BCUT2D eigenvalue weighted by Gasteiger charge is 2.36. The molecule has 1 heterocycles. The van der Waals surface area contributed by atoms with Gasteiger partial charge in [-0.25, -0.2) is 4.39 Å². The number of methoxy groups -OCH3 is 1. The fourth-order valence-corrected chi connectivity index (χ4v) is 4.00. The standard InChI is InChI=1S/C22H28FN3O2/c1-24(2)22(27)21(17-7-5-4-6-8-17)26-13-11-25(12-14-26)16-18-15-19(23)9-10-20(18)28-3/h4-10,15,21H,11-14,16H2,1-3H3/p+2/t21-/m1/s1. The molecule has 5 nitrogen and oxygen atoms in total. The molecule has 1 atom stereocenters. The molecule has 1 aliphatic heterocycles. The second-order valence-corrected chi connectivity index (χ2v) is 7.62. The number of benzene rings is 2. The van der Waals surface area contributed by atoms with Crippen molar-refractivity contribution in [1.82, 2.24) is 4.90 Å². The van der Waals surface area contributed by atoms with Crippen LogP contribution in [-0.2, 0) is 11.3 Å². The van der Waals surface area contributed by atoms with Crippen molar-refractivity contribution in [2.75, 3.05) is 47.4 Å². The van der Waals surface area contributed by atoms with E-state index in [9.17, 15) is 9.18 Å². The minimum absolute atomic E-state index is 0.136. The van der Waals surface area contributed by atoms with E-state index in [2.05, 4.69) is 0 Å². The van der Waals surface area contributed by atoms with E-state index in [4.69, 9.17) is 4.74 Å². The quantitative estimate of drug-likeness (QED) is 0.730. The summed E-state index contributed by atoms with van der Waals surface area (Å²) in [4.78, 5) is 17.2. The van der Waals surface area contributed by atoms with Crippen molar-refractivity contribution < 1.29 is 23.7 Å². The number of nitrogens with one attached hydrogen (secondary N) is 2. The first-order valence-electron chi connectivity index (χ1n) is 9.76. The number of likely N-dealkylation sites (N-methyl/N-ethyl adjacent to an activating group) is 1. The molecule has 150 valence electrons. The molecule has 0 aromatic heterocycles. The largest absolute Gasteiger partial charge is 0.496 e. The van der Waals surface area contributed by atoms with Gasteiger partial charge in [-0.15, -0.1) is 0 Å². The maximum atomic E-state index is 13.6. The molecule has 2 aromatic carbocycles. The van der Waals surface area contributed by atoms with Crippen LogP contribution < -0.4 is 14.5 Å². The Morgan fingerprint density at radius 2 is 1.79 bits per heavy atom. The highest BCUT2D eigenvalue weighted by atomic mass is 19.1. The topological polar surface area (TPSA) is 38.4 Å². The van der Waals surface area contributed by atoms with E-state index in [-0.39, 0.29) is 17.8 Å². The van der Waals surface area contributed by atoms with Crippen LogP contribution in [0.4, 0.5) is 4.39 Å². The van der Waals surface area contributed by atoms with Gasteiger partial charge in [-0.1, -0.05) is 30.3 Å². The molecule has 0 radical (unpaired) electrons. The van der Waals surface area contributed by atoms with Crippen LogP contribution in [0.15, 0.2) is 48.5 Å². The fourth-order valence-electron chi connectivity index (χ4n) is 4.00. The zero-order valence-corrected chi connectivity index (χ0v) is 16.9. The minimum Gasteiger partial charge on any atom is -0.496 e. The van der Waals surface area contributed by atoms with Gasteiger partial charge in [0.15, 0.2) is 6.04 Å². The average molecular weight is 387 g/mol. The first-order valence-corrected chi connectivity index (χ1v) is 9.76. The van der Waals surface area contributed by atoms with Crippen molar-refractivity contribution in [2.24, 2.45) is 0 Å². The molecule has 1 saturated heterocycles. The number of nitrogens with zero attached hydrogens (tertiary/aromatic N) is 1. The highest BCUT2D eigenvalue weighted by molar-refractivity contribution is 5.81. The van der Waals surface area contributed by atoms with Gasteiger partial charge in [0.2, 0.25) is 0 Å². The van der Waals surface area contributed by atoms with Crippen LogP contribution in [0, 0.1) is 5.82 Å². The van der Waals surface area contributed by atoms with E-state index in [0.717, 1.165) is 49.6 Å². The first-order chi connectivity index (χ1) is 13.5. The molecule has 2 N–H and O–H groups in total. The normalized spacial score (nSPS) is 20.4. The molecule has 28 heavy (non-hydrogen) atoms. The van der Waals surface area contributed by atoms with Gasteiger partial charge in [0.05, 0.1) is 12.7 Å². The maximum Gasteiger partial charge on any atom is 0.285 e. The van der Waals surface area contributed by atoms with Crippen LogP contribution in [0.1, 0.15) is 17.2 Å². The van der Waals surface area contributed by atoms with Crippen LogP contribution in [0.25, 0.3) is 0 Å². The van der Waals surface area contributed by atoms with Crippen molar-refractivity contribution in [3.05, 3.63) is 65.5 Å². The van der Waals surface area contributed by atoms with E-state index in [1.807, 2.05) is 44.4 Å². The van der Waals surface area contributed by atoms with E-state index in [0.29, 0.717) is 0 Å². The zero-order valence-electron chi connectivity index (χ0n) is 16.9. The van der Waals surface area contributed by atoms with Crippen LogP contribution in [-0.4, -0.2) is 58.2 Å². The Kier molecular flexibility index (Phi) is 6.65. The van der Waals surface area contributed by atoms with Crippen molar-refractivity contribution in [3.8, 4) is 5.75 Å². The number of carbonyl (C=O) groups excluding carboxylic acids is 1. The summed E-state index contributed by atoms with van der Waals surface area (Å²) < 4.78 is 19.0. The molecule has 0 unspecified atom stereocenters. The number of quaternary nitrogens is 2. The van der Waals surface area contributed by atoms with Crippen LogP contribution in [0.3, 0.4) is 0 Å². The summed E-state index contributed by atoms with van der Waals surface area (Å²) in [5.41, 5.74) is 1.95. The lowest BCUT2D eigenvalue weighted by Gasteiger charge is -2.35. The summed E-state index contributed by atoms with van der Waals surface area (Å²) in [6.07, 6.45) is 0. The molecule has 0 saturated carbocycles. The molecular weight excluding hydrogens is 357 g/mol. The van der Waals surface area contributed by atoms with Crippen LogP contribution in [0.2, 0.25) is 0 Å². The van der Waals surface area contributed by atoms with Crippen LogP contribution in [0.5, 0.6) is 5.75 Å². The number of piperazine rings is 1. The van der Waals surface area contributed by atoms with Crippen molar-refractivity contribution in [1.29, 1.82) is 0 Å². The molecule has 0 bridgehead atoms. The predicted molar refractivity (Wildman–Crippen MR) is 106 cm³/mol. The van der Waals surface area contributed by atoms with E-state index in [1.54, 1.807) is 24.1 Å². The molecule has 0 aliphatic carbocycles. The second kappa shape index (κ2) is 9.17. The summed E-state index contributed by atoms with van der Waals surface area (Å²) in [7, 11) is 5.25. The number of hydrogen-bond donors (Lipinski definition) is 2. The zero-order chi connectivity index (χ0) is 20.1. The molecule has 1 fully saturated rings. The smallest absolute Gasteiger partial charge is 0.285 e. The third-order valence-electron chi connectivity index (χ3n) is 5.51. The number of halogens is 1.